The van der Waals surface area contributed by atoms with Crippen LogP contribution in [0.5, 0.6) is 0 Å². The third-order valence-corrected chi connectivity index (χ3v) is 4.59. The van der Waals surface area contributed by atoms with Crippen LogP contribution in [0.3, 0.4) is 0 Å². The normalized spacial score (nSPS) is 11.6. The Hall–Kier alpha value is -0.740. The molecule has 0 radical (unpaired) electrons. The molecule has 19 heavy (non-hydrogen) atoms. The molecule has 0 amide bonds. The molecular formula is C15H17Br2NO. The number of para-hydroxylation sites is 1. The molecule has 0 aliphatic heterocycles. The third kappa shape index (κ3) is 3.63. The zero-order valence-electron chi connectivity index (χ0n) is 11.3. The van der Waals surface area contributed by atoms with Crippen molar-refractivity contribution in [2.24, 2.45) is 0 Å². The highest BCUT2D eigenvalue weighted by Gasteiger charge is 2.17. The molecule has 2 rings (SSSR count). The van der Waals surface area contributed by atoms with Crippen molar-refractivity contribution < 1.29 is 4.42 Å². The van der Waals surface area contributed by atoms with Gasteiger partial charge in [0.15, 0.2) is 4.67 Å². The molecular weight excluding hydrogens is 370 g/mol. The molecule has 0 fully saturated rings. The summed E-state index contributed by atoms with van der Waals surface area (Å²) >= 11 is 6.77. The van der Waals surface area contributed by atoms with Gasteiger partial charge in [-0.3, -0.25) is 0 Å². The minimum atomic E-state index is 0.119. The van der Waals surface area contributed by atoms with Crippen molar-refractivity contribution in [3.05, 3.63) is 50.8 Å². The molecule has 1 aromatic carbocycles. The van der Waals surface area contributed by atoms with Crippen molar-refractivity contribution in [3.8, 4) is 0 Å². The van der Waals surface area contributed by atoms with Crippen molar-refractivity contribution in [1.29, 1.82) is 0 Å². The summed E-state index contributed by atoms with van der Waals surface area (Å²) in [5.74, 6) is 0.891. The lowest BCUT2D eigenvalue weighted by atomic mass is 9.86. The monoisotopic (exact) mass is 385 g/mol. The average molecular weight is 387 g/mol. The molecule has 102 valence electrons. The van der Waals surface area contributed by atoms with Crippen LogP contribution in [0.4, 0.5) is 5.69 Å². The van der Waals surface area contributed by atoms with Crippen LogP contribution >= 0.6 is 31.9 Å². The van der Waals surface area contributed by atoms with Gasteiger partial charge in [0, 0.05) is 5.69 Å². The van der Waals surface area contributed by atoms with Crippen LogP contribution in [0.15, 0.2) is 43.9 Å². The third-order valence-electron chi connectivity index (χ3n) is 2.88. The van der Waals surface area contributed by atoms with E-state index in [1.807, 2.05) is 12.1 Å². The maximum absolute atomic E-state index is 5.57. The maximum atomic E-state index is 5.57. The molecule has 0 unspecified atom stereocenters. The smallest absolute Gasteiger partial charge is 0.183 e. The summed E-state index contributed by atoms with van der Waals surface area (Å²) in [4.78, 5) is 0. The number of anilines is 1. The van der Waals surface area contributed by atoms with Gasteiger partial charge < -0.3 is 9.73 Å². The van der Waals surface area contributed by atoms with Crippen molar-refractivity contribution in [2.45, 2.75) is 32.7 Å². The first-order chi connectivity index (χ1) is 8.88. The average Bonchev–Trinajstić information content (AvgIpc) is 2.65. The molecule has 2 nitrogen and oxygen atoms in total. The quantitative estimate of drug-likeness (QED) is 0.730. The van der Waals surface area contributed by atoms with Gasteiger partial charge in [-0.15, -0.1) is 0 Å². The van der Waals surface area contributed by atoms with E-state index in [4.69, 9.17) is 4.42 Å². The first-order valence-corrected chi connectivity index (χ1v) is 7.73. The maximum Gasteiger partial charge on any atom is 0.183 e. The standard InChI is InChI=1S/C15H17Br2NO/c1-15(2,3)11-6-4-5-7-13(11)18-9-10-8-12(16)14(17)19-10/h4-8,18H,9H2,1-3H3. The van der Waals surface area contributed by atoms with Gasteiger partial charge in [-0.05, 0) is 55.0 Å². The Bertz CT molecular complexity index is 550. The summed E-state index contributed by atoms with van der Waals surface area (Å²) < 4.78 is 7.24. The lowest BCUT2D eigenvalue weighted by molar-refractivity contribution is 0.494. The molecule has 0 saturated carbocycles. The highest BCUT2D eigenvalue weighted by atomic mass is 79.9. The fraction of sp³-hybridized carbons (Fsp3) is 0.333. The number of hydrogen-bond acceptors (Lipinski definition) is 2. The van der Waals surface area contributed by atoms with Crippen LogP contribution < -0.4 is 5.32 Å². The highest BCUT2D eigenvalue weighted by Crippen LogP contribution is 2.31. The minimum Gasteiger partial charge on any atom is -0.451 e. The molecule has 1 heterocycles. The zero-order valence-corrected chi connectivity index (χ0v) is 14.4. The number of halogens is 2. The van der Waals surface area contributed by atoms with Gasteiger partial charge in [0.25, 0.3) is 0 Å². The van der Waals surface area contributed by atoms with E-state index in [0.717, 1.165) is 20.6 Å². The molecule has 0 bridgehead atoms. The molecule has 2 aromatic rings. The Balaban J connectivity index is 2.16. The van der Waals surface area contributed by atoms with E-state index in [1.54, 1.807) is 0 Å². The Morgan fingerprint density at radius 1 is 1.16 bits per heavy atom. The number of hydrogen-bond donors (Lipinski definition) is 1. The van der Waals surface area contributed by atoms with Crippen molar-refractivity contribution in [3.63, 3.8) is 0 Å². The molecule has 0 atom stereocenters. The predicted molar refractivity (Wildman–Crippen MR) is 86.6 cm³/mol. The second kappa shape index (κ2) is 5.71. The molecule has 4 heteroatoms. The fourth-order valence-corrected chi connectivity index (χ4v) is 2.61. The Kier molecular flexibility index (Phi) is 4.41. The number of rotatable bonds is 3. The first-order valence-electron chi connectivity index (χ1n) is 6.15. The van der Waals surface area contributed by atoms with Gasteiger partial charge in [0.1, 0.15) is 5.76 Å². The predicted octanol–water partition coefficient (Wildman–Crippen LogP) is 5.71. The van der Waals surface area contributed by atoms with Crippen LogP contribution in [-0.2, 0) is 12.0 Å². The molecule has 1 aromatic heterocycles. The van der Waals surface area contributed by atoms with Crippen LogP contribution in [0.25, 0.3) is 0 Å². The molecule has 0 aliphatic carbocycles. The second-order valence-corrected chi connectivity index (χ2v) is 7.06. The van der Waals surface area contributed by atoms with Gasteiger partial charge >= 0.3 is 0 Å². The SMILES string of the molecule is CC(C)(C)c1ccccc1NCc1cc(Br)c(Br)o1. The van der Waals surface area contributed by atoms with Crippen molar-refractivity contribution in [1.82, 2.24) is 0 Å². The number of benzene rings is 1. The molecule has 1 N–H and O–H groups in total. The Labute approximate surface area is 130 Å². The topological polar surface area (TPSA) is 25.2 Å². The lowest BCUT2D eigenvalue weighted by Crippen LogP contribution is -2.14. The zero-order chi connectivity index (χ0) is 14.0. The van der Waals surface area contributed by atoms with E-state index in [9.17, 15) is 0 Å². The van der Waals surface area contributed by atoms with Crippen LogP contribution in [0, 0.1) is 0 Å². The summed E-state index contributed by atoms with van der Waals surface area (Å²) in [5.41, 5.74) is 2.58. The Morgan fingerprint density at radius 3 is 2.42 bits per heavy atom. The van der Waals surface area contributed by atoms with Gasteiger partial charge in [-0.1, -0.05) is 39.0 Å². The number of nitrogens with one attached hydrogen (secondary N) is 1. The highest BCUT2D eigenvalue weighted by molar-refractivity contribution is 9.13. The first kappa shape index (κ1) is 14.7. The van der Waals surface area contributed by atoms with Gasteiger partial charge in [-0.2, -0.15) is 0 Å². The van der Waals surface area contributed by atoms with Crippen molar-refractivity contribution >= 4 is 37.5 Å². The Morgan fingerprint density at radius 2 is 1.84 bits per heavy atom. The van der Waals surface area contributed by atoms with E-state index in [1.165, 1.54) is 5.56 Å². The summed E-state index contributed by atoms with van der Waals surface area (Å²) in [6.07, 6.45) is 0. The van der Waals surface area contributed by atoms with Crippen LogP contribution in [0.2, 0.25) is 0 Å². The van der Waals surface area contributed by atoms with E-state index in [-0.39, 0.29) is 5.41 Å². The van der Waals surface area contributed by atoms with Crippen LogP contribution in [0.1, 0.15) is 32.1 Å². The lowest BCUT2D eigenvalue weighted by Gasteiger charge is -2.23. The van der Waals surface area contributed by atoms with Crippen LogP contribution in [-0.4, -0.2) is 0 Å². The molecule has 0 aliphatic rings. The molecule has 0 saturated heterocycles. The van der Waals surface area contributed by atoms with Gasteiger partial charge in [0.2, 0.25) is 0 Å². The van der Waals surface area contributed by atoms with Crippen molar-refractivity contribution in [2.75, 3.05) is 5.32 Å². The summed E-state index contributed by atoms with van der Waals surface area (Å²) in [7, 11) is 0. The summed E-state index contributed by atoms with van der Waals surface area (Å²) in [6, 6.07) is 10.4. The van der Waals surface area contributed by atoms with E-state index >= 15 is 0 Å². The van der Waals surface area contributed by atoms with Gasteiger partial charge in [0.05, 0.1) is 11.0 Å². The van der Waals surface area contributed by atoms with E-state index in [2.05, 4.69) is 76.1 Å². The fourth-order valence-electron chi connectivity index (χ4n) is 1.95. The summed E-state index contributed by atoms with van der Waals surface area (Å²) in [5, 5.41) is 3.44. The minimum absolute atomic E-state index is 0.119. The summed E-state index contributed by atoms with van der Waals surface area (Å²) in [6.45, 7) is 7.31. The van der Waals surface area contributed by atoms with Gasteiger partial charge in [-0.25, -0.2) is 0 Å². The second-order valence-electron chi connectivity index (χ2n) is 5.48. The number of furan rings is 1. The van der Waals surface area contributed by atoms with E-state index in [0.29, 0.717) is 6.54 Å². The molecule has 0 spiro atoms. The largest absolute Gasteiger partial charge is 0.451 e. The van der Waals surface area contributed by atoms with E-state index < -0.39 is 0 Å².